The van der Waals surface area contributed by atoms with E-state index in [-0.39, 0.29) is 17.1 Å². The summed E-state index contributed by atoms with van der Waals surface area (Å²) < 4.78 is 68.1. The van der Waals surface area contributed by atoms with Crippen molar-refractivity contribution in [2.24, 2.45) is 0 Å². The van der Waals surface area contributed by atoms with E-state index in [4.69, 9.17) is 5.73 Å². The van der Waals surface area contributed by atoms with E-state index in [0.717, 1.165) is 24.3 Å². The lowest BCUT2D eigenvalue weighted by Gasteiger charge is -2.18. The molecule has 1 aromatic heterocycles. The highest BCUT2D eigenvalue weighted by Gasteiger charge is 2.36. The number of rotatable bonds is 4. The van der Waals surface area contributed by atoms with Gasteiger partial charge < -0.3 is 11.1 Å². The second kappa shape index (κ2) is 8.17. The van der Waals surface area contributed by atoms with Crippen LogP contribution in [0, 0.1) is 11.6 Å². The van der Waals surface area contributed by atoms with Crippen molar-refractivity contribution in [3.63, 3.8) is 0 Å². The zero-order valence-electron chi connectivity index (χ0n) is 15.9. The van der Waals surface area contributed by atoms with Crippen LogP contribution in [0.1, 0.15) is 34.6 Å². The number of aromatic nitrogens is 2. The van der Waals surface area contributed by atoms with Gasteiger partial charge in [0, 0.05) is 17.3 Å². The Bertz CT molecular complexity index is 1210. The minimum atomic E-state index is -4.98. The average Bonchev–Trinajstić information content (AvgIpc) is 2.69. The van der Waals surface area contributed by atoms with Crippen LogP contribution in [0.25, 0.3) is 5.69 Å². The number of halogens is 5. The maximum absolute atomic E-state index is 14.4. The molecule has 0 spiro atoms. The first-order valence-electron chi connectivity index (χ1n) is 8.81. The third-order valence-corrected chi connectivity index (χ3v) is 4.36. The zero-order chi connectivity index (χ0) is 22.9. The Morgan fingerprint density at radius 1 is 1.13 bits per heavy atom. The van der Waals surface area contributed by atoms with Crippen molar-refractivity contribution in [3.05, 3.63) is 87.3 Å². The van der Waals surface area contributed by atoms with Crippen molar-refractivity contribution in [2.45, 2.75) is 19.1 Å². The number of anilines is 1. The fraction of sp³-hybridized carbons (Fsp3) is 0.150. The molecule has 6 nitrogen and oxygen atoms in total. The summed E-state index contributed by atoms with van der Waals surface area (Å²) in [4.78, 5) is 24.6. The van der Waals surface area contributed by atoms with Crippen molar-refractivity contribution in [3.8, 4) is 5.69 Å². The Morgan fingerprint density at radius 2 is 1.81 bits per heavy atom. The van der Waals surface area contributed by atoms with Crippen LogP contribution in [0.3, 0.4) is 0 Å². The SMILES string of the molecule is C[C@@H](NC(=O)c1ccc(=O)n(-c2ccccc2F)n1)c1cc(N)cc(C(F)(F)F)c1F. The van der Waals surface area contributed by atoms with Gasteiger partial charge in [-0.2, -0.15) is 23.0 Å². The fourth-order valence-corrected chi connectivity index (χ4v) is 2.87. The first kappa shape index (κ1) is 21.9. The maximum Gasteiger partial charge on any atom is 0.419 e. The zero-order valence-corrected chi connectivity index (χ0v) is 15.9. The molecule has 0 saturated carbocycles. The second-order valence-corrected chi connectivity index (χ2v) is 6.58. The number of alkyl halides is 3. The third-order valence-electron chi connectivity index (χ3n) is 4.36. The fourth-order valence-electron chi connectivity index (χ4n) is 2.87. The largest absolute Gasteiger partial charge is 0.419 e. The highest BCUT2D eigenvalue weighted by molar-refractivity contribution is 5.92. The van der Waals surface area contributed by atoms with Gasteiger partial charge in [0.2, 0.25) is 0 Å². The molecule has 0 aliphatic rings. The van der Waals surface area contributed by atoms with Crippen LogP contribution in [0.15, 0.2) is 53.3 Å². The predicted octanol–water partition coefficient (Wildman–Crippen LogP) is 3.60. The highest BCUT2D eigenvalue weighted by Crippen LogP contribution is 2.35. The lowest BCUT2D eigenvalue weighted by Crippen LogP contribution is -2.31. The molecule has 0 unspecified atom stereocenters. The van der Waals surface area contributed by atoms with E-state index in [1.165, 1.54) is 25.1 Å². The Hall–Kier alpha value is -3.76. The lowest BCUT2D eigenvalue weighted by atomic mass is 10.0. The quantitative estimate of drug-likeness (QED) is 0.481. The summed E-state index contributed by atoms with van der Waals surface area (Å²) in [6.07, 6.45) is -4.98. The molecule has 1 heterocycles. The van der Waals surface area contributed by atoms with Gasteiger partial charge in [-0.25, -0.2) is 8.78 Å². The van der Waals surface area contributed by atoms with Gasteiger partial charge in [0.1, 0.15) is 23.0 Å². The van der Waals surface area contributed by atoms with Crippen molar-refractivity contribution in [1.29, 1.82) is 0 Å². The number of nitrogen functional groups attached to an aromatic ring is 1. The van der Waals surface area contributed by atoms with Crippen LogP contribution in [0.5, 0.6) is 0 Å². The maximum atomic E-state index is 14.4. The molecule has 2 aromatic carbocycles. The van der Waals surface area contributed by atoms with Gasteiger partial charge in [0.15, 0.2) is 0 Å². The number of amides is 1. The van der Waals surface area contributed by atoms with Gasteiger partial charge in [-0.05, 0) is 37.3 Å². The molecule has 3 aromatic rings. The number of hydrogen-bond acceptors (Lipinski definition) is 4. The summed E-state index contributed by atoms with van der Waals surface area (Å²) in [6, 6.07) is 7.46. The summed E-state index contributed by atoms with van der Waals surface area (Å²) in [6.45, 7) is 1.25. The van der Waals surface area contributed by atoms with E-state index in [0.29, 0.717) is 10.7 Å². The molecular formula is C20H15F5N4O2. The molecular weight excluding hydrogens is 423 g/mol. The first-order valence-corrected chi connectivity index (χ1v) is 8.81. The number of nitrogens with two attached hydrogens (primary N) is 1. The number of hydrogen-bond donors (Lipinski definition) is 2. The van der Waals surface area contributed by atoms with Crippen LogP contribution in [-0.4, -0.2) is 15.7 Å². The molecule has 0 bridgehead atoms. The van der Waals surface area contributed by atoms with Gasteiger partial charge in [-0.15, -0.1) is 0 Å². The first-order chi connectivity index (χ1) is 14.5. The number of nitrogens with one attached hydrogen (secondary N) is 1. The number of benzene rings is 2. The molecule has 1 amide bonds. The number of carbonyl (C=O) groups is 1. The van der Waals surface area contributed by atoms with Gasteiger partial charge in [-0.3, -0.25) is 9.59 Å². The number of para-hydroxylation sites is 1. The molecule has 0 radical (unpaired) electrons. The van der Waals surface area contributed by atoms with E-state index in [9.17, 15) is 31.5 Å². The standard InChI is InChI=1S/C20H15F5N4O2/c1-10(12-8-11(26)9-13(18(12)22)20(23,24)25)27-19(31)15-6-7-17(30)29(28-15)16-5-3-2-4-14(16)21/h2-10H,26H2,1H3,(H,27,31)/t10-/m1/s1. The Balaban J connectivity index is 1.93. The molecule has 0 fully saturated rings. The van der Waals surface area contributed by atoms with Crippen molar-refractivity contribution in [2.75, 3.05) is 5.73 Å². The topological polar surface area (TPSA) is 90.0 Å². The monoisotopic (exact) mass is 438 g/mol. The van der Waals surface area contributed by atoms with Gasteiger partial charge in [-0.1, -0.05) is 12.1 Å². The molecule has 3 N–H and O–H groups in total. The van der Waals surface area contributed by atoms with Crippen LogP contribution in [0.2, 0.25) is 0 Å². The lowest BCUT2D eigenvalue weighted by molar-refractivity contribution is -0.140. The molecule has 0 aliphatic heterocycles. The Labute approximate surface area is 172 Å². The van der Waals surface area contributed by atoms with Crippen LogP contribution in [0.4, 0.5) is 27.6 Å². The third kappa shape index (κ3) is 4.55. The summed E-state index contributed by atoms with van der Waals surface area (Å²) in [7, 11) is 0. The molecule has 11 heteroatoms. The summed E-state index contributed by atoms with van der Waals surface area (Å²) in [5.74, 6) is -3.25. The Morgan fingerprint density at radius 3 is 2.45 bits per heavy atom. The minimum absolute atomic E-state index is 0.202. The molecule has 3 rings (SSSR count). The van der Waals surface area contributed by atoms with E-state index < -0.39 is 46.4 Å². The van der Waals surface area contributed by atoms with Crippen LogP contribution in [-0.2, 0) is 6.18 Å². The Kier molecular flexibility index (Phi) is 5.78. The molecule has 0 saturated heterocycles. The van der Waals surface area contributed by atoms with Crippen molar-refractivity contribution in [1.82, 2.24) is 15.1 Å². The smallest absolute Gasteiger partial charge is 0.399 e. The average molecular weight is 438 g/mol. The van der Waals surface area contributed by atoms with Gasteiger partial charge in [0.25, 0.3) is 11.5 Å². The highest BCUT2D eigenvalue weighted by atomic mass is 19.4. The second-order valence-electron chi connectivity index (χ2n) is 6.58. The van der Waals surface area contributed by atoms with Crippen molar-refractivity contribution < 1.29 is 26.7 Å². The van der Waals surface area contributed by atoms with Gasteiger partial charge in [0.05, 0.1) is 11.6 Å². The van der Waals surface area contributed by atoms with E-state index in [1.807, 2.05) is 0 Å². The number of carbonyl (C=O) groups excluding carboxylic acids is 1. The molecule has 31 heavy (non-hydrogen) atoms. The van der Waals surface area contributed by atoms with Crippen LogP contribution >= 0.6 is 0 Å². The van der Waals surface area contributed by atoms with E-state index >= 15 is 0 Å². The van der Waals surface area contributed by atoms with E-state index in [1.54, 1.807) is 0 Å². The predicted molar refractivity (Wildman–Crippen MR) is 101 cm³/mol. The summed E-state index contributed by atoms with van der Waals surface area (Å²) >= 11 is 0. The van der Waals surface area contributed by atoms with Crippen molar-refractivity contribution >= 4 is 11.6 Å². The molecule has 0 aliphatic carbocycles. The van der Waals surface area contributed by atoms with E-state index in [2.05, 4.69) is 10.4 Å². The normalized spacial score (nSPS) is 12.5. The molecule has 1 atom stereocenters. The minimum Gasteiger partial charge on any atom is -0.399 e. The van der Waals surface area contributed by atoms with Gasteiger partial charge >= 0.3 is 6.18 Å². The molecule has 162 valence electrons. The summed E-state index contributed by atoms with van der Waals surface area (Å²) in [5.41, 5.74) is 1.82. The number of nitrogens with zero attached hydrogens (tertiary/aromatic N) is 2. The summed E-state index contributed by atoms with van der Waals surface area (Å²) in [5, 5.41) is 6.10. The van der Waals surface area contributed by atoms with Crippen LogP contribution < -0.4 is 16.6 Å².